The number of benzene rings is 1. The fourth-order valence-electron chi connectivity index (χ4n) is 7.91. The first-order valence-corrected chi connectivity index (χ1v) is 14.1. The molecule has 9 atom stereocenters. The number of esters is 3. The fraction of sp³-hybridized carbons (Fsp3) is 0.613. The highest BCUT2D eigenvalue weighted by molar-refractivity contribution is 5.95. The molecular formula is C31H38O11. The number of carbonyl (C=O) groups is 4. The van der Waals surface area contributed by atoms with Crippen molar-refractivity contribution in [2.75, 3.05) is 6.61 Å². The van der Waals surface area contributed by atoms with E-state index in [2.05, 4.69) is 0 Å². The molecule has 1 aromatic carbocycles. The van der Waals surface area contributed by atoms with Crippen LogP contribution in [0.1, 0.15) is 64.7 Å². The summed E-state index contributed by atoms with van der Waals surface area (Å²) in [6, 6.07) is 8.05. The van der Waals surface area contributed by atoms with Crippen molar-refractivity contribution in [2.45, 2.75) is 96.1 Å². The van der Waals surface area contributed by atoms with Crippen LogP contribution in [0, 0.1) is 16.7 Å². The number of carbonyl (C=O) groups excluding carboxylic acids is 4. The Kier molecular flexibility index (Phi) is 7.20. The Morgan fingerprint density at radius 2 is 1.64 bits per heavy atom. The Hall–Kier alpha value is -3.12. The molecule has 1 heterocycles. The maximum absolute atomic E-state index is 14.8. The number of aliphatic hydroxyl groups is 3. The summed E-state index contributed by atoms with van der Waals surface area (Å²) in [4.78, 5) is 53.4. The van der Waals surface area contributed by atoms with E-state index in [4.69, 9.17) is 18.9 Å². The zero-order chi connectivity index (χ0) is 31.0. The Bertz CT molecular complexity index is 1350. The zero-order valence-electron chi connectivity index (χ0n) is 24.6. The van der Waals surface area contributed by atoms with Gasteiger partial charge in [0.1, 0.15) is 17.8 Å². The van der Waals surface area contributed by atoms with Crippen LogP contribution in [0.15, 0.2) is 41.5 Å². The van der Waals surface area contributed by atoms with Crippen LogP contribution < -0.4 is 0 Å². The first kappa shape index (κ1) is 30.3. The lowest BCUT2D eigenvalue weighted by Crippen LogP contribution is -2.81. The van der Waals surface area contributed by atoms with Gasteiger partial charge < -0.3 is 34.3 Å². The lowest BCUT2D eigenvalue weighted by molar-refractivity contribution is -0.345. The van der Waals surface area contributed by atoms with Crippen LogP contribution in [0.4, 0.5) is 0 Å². The van der Waals surface area contributed by atoms with Gasteiger partial charge in [-0.25, -0.2) is 4.79 Å². The third kappa shape index (κ3) is 4.08. The summed E-state index contributed by atoms with van der Waals surface area (Å²) in [5, 5.41) is 35.8. The number of ketones is 1. The highest BCUT2D eigenvalue weighted by Crippen LogP contribution is 2.64. The second-order valence-electron chi connectivity index (χ2n) is 12.8. The molecular weight excluding hydrogens is 548 g/mol. The first-order valence-electron chi connectivity index (χ1n) is 14.1. The molecule has 3 aliphatic carbocycles. The minimum Gasteiger partial charge on any atom is -0.455 e. The maximum atomic E-state index is 14.8. The lowest BCUT2D eigenvalue weighted by Gasteiger charge is -2.67. The van der Waals surface area contributed by atoms with Crippen molar-refractivity contribution in [3.63, 3.8) is 0 Å². The molecule has 0 amide bonds. The van der Waals surface area contributed by atoms with Crippen LogP contribution in [0.25, 0.3) is 0 Å². The monoisotopic (exact) mass is 586 g/mol. The number of hydrogen-bond donors (Lipinski definition) is 3. The Labute approximate surface area is 243 Å². The molecule has 3 N–H and O–H groups in total. The van der Waals surface area contributed by atoms with Crippen LogP contribution in [-0.2, 0) is 33.3 Å². The summed E-state index contributed by atoms with van der Waals surface area (Å²) in [5.41, 5.74) is -6.38. The molecule has 1 aliphatic heterocycles. The topological polar surface area (TPSA) is 166 Å². The number of rotatable bonds is 4. The maximum Gasteiger partial charge on any atom is 0.338 e. The van der Waals surface area contributed by atoms with Crippen molar-refractivity contribution in [3.8, 4) is 0 Å². The molecule has 5 rings (SSSR count). The summed E-state index contributed by atoms with van der Waals surface area (Å²) in [6.07, 6.45) is -7.27. The Balaban J connectivity index is 1.84. The standard InChI is InChI=1S/C31H38O11/c1-15-19(34)13-31(38)26(41-27(37)18-10-8-7-9-11-18)24-29(6,20(35)12-21-30(24,14-39-21)42-17(3)33)25(36)23(40-16(2)32)22(15)28(31,4)5/h7-11,19-21,23-24,26,34-35,38H,12-14H2,1-6H3/t19?,20?,21?,23?,24?,26?,29-,30+,31?/m1/s1. The quantitative estimate of drug-likeness (QED) is 0.267. The molecule has 11 nitrogen and oxygen atoms in total. The molecule has 0 radical (unpaired) electrons. The summed E-state index contributed by atoms with van der Waals surface area (Å²) in [7, 11) is 0. The fourth-order valence-corrected chi connectivity index (χ4v) is 7.91. The summed E-state index contributed by atoms with van der Waals surface area (Å²) in [6.45, 7) is 8.42. The van der Waals surface area contributed by atoms with Gasteiger partial charge in [-0.1, -0.05) is 32.0 Å². The minimum atomic E-state index is -2.11. The second kappa shape index (κ2) is 9.97. The SMILES string of the molecule is CC(=O)OC1C(=O)[C@]2(C)C(O)CC3OC[C@@]3(OC(C)=O)C2C(OC(=O)c2ccccc2)C2(O)CC(O)C(C)=C1C2(C)C. The summed E-state index contributed by atoms with van der Waals surface area (Å²) < 4.78 is 23.5. The van der Waals surface area contributed by atoms with Crippen molar-refractivity contribution < 1.29 is 53.4 Å². The van der Waals surface area contributed by atoms with Gasteiger partial charge in [0.2, 0.25) is 0 Å². The van der Waals surface area contributed by atoms with E-state index < -0.39 is 82.2 Å². The van der Waals surface area contributed by atoms with Gasteiger partial charge in [-0.3, -0.25) is 14.4 Å². The van der Waals surface area contributed by atoms with E-state index in [1.165, 1.54) is 26.0 Å². The second-order valence-corrected chi connectivity index (χ2v) is 12.8. The normalized spacial score (nSPS) is 40.4. The number of fused-ring (bicyclic) bond motifs is 5. The van der Waals surface area contributed by atoms with E-state index >= 15 is 0 Å². The Morgan fingerprint density at radius 3 is 2.19 bits per heavy atom. The summed E-state index contributed by atoms with van der Waals surface area (Å²) in [5.74, 6) is -4.41. The van der Waals surface area contributed by atoms with Crippen LogP contribution in [0.5, 0.6) is 0 Å². The van der Waals surface area contributed by atoms with E-state index in [-0.39, 0.29) is 30.6 Å². The van der Waals surface area contributed by atoms with Gasteiger partial charge in [-0.15, -0.1) is 0 Å². The van der Waals surface area contributed by atoms with Crippen LogP contribution in [0.2, 0.25) is 0 Å². The molecule has 0 spiro atoms. The van der Waals surface area contributed by atoms with Crippen LogP contribution >= 0.6 is 0 Å². The van der Waals surface area contributed by atoms with E-state index in [0.717, 1.165) is 6.92 Å². The molecule has 228 valence electrons. The van der Waals surface area contributed by atoms with Crippen molar-refractivity contribution in [2.24, 2.45) is 16.7 Å². The van der Waals surface area contributed by atoms with Gasteiger partial charge in [-0.05, 0) is 37.1 Å². The van der Waals surface area contributed by atoms with Crippen LogP contribution in [-0.4, -0.2) is 87.3 Å². The number of Topliss-reactive ketones (excluding diaryl/α,β-unsaturated/α-hetero) is 1. The summed E-state index contributed by atoms with van der Waals surface area (Å²) >= 11 is 0. The average molecular weight is 587 g/mol. The predicted molar refractivity (Wildman–Crippen MR) is 145 cm³/mol. The van der Waals surface area contributed by atoms with Crippen molar-refractivity contribution in [1.82, 2.24) is 0 Å². The van der Waals surface area contributed by atoms with Crippen molar-refractivity contribution >= 4 is 23.7 Å². The Morgan fingerprint density at radius 1 is 1.00 bits per heavy atom. The van der Waals surface area contributed by atoms with E-state index in [9.17, 15) is 34.5 Å². The van der Waals surface area contributed by atoms with Gasteiger partial charge in [0.25, 0.3) is 0 Å². The third-order valence-corrected chi connectivity index (χ3v) is 10.2. The van der Waals surface area contributed by atoms with Gasteiger partial charge in [0, 0.05) is 32.1 Å². The minimum absolute atomic E-state index is 0.110. The zero-order valence-corrected chi connectivity index (χ0v) is 24.6. The molecule has 4 aliphatic rings. The number of ether oxygens (including phenoxy) is 4. The molecule has 2 saturated carbocycles. The number of hydrogen-bond acceptors (Lipinski definition) is 11. The van der Waals surface area contributed by atoms with Crippen LogP contribution in [0.3, 0.4) is 0 Å². The molecule has 7 unspecified atom stereocenters. The lowest BCUT2D eigenvalue weighted by atomic mass is 9.44. The smallest absolute Gasteiger partial charge is 0.338 e. The van der Waals surface area contributed by atoms with Gasteiger partial charge in [-0.2, -0.15) is 0 Å². The van der Waals surface area contributed by atoms with Gasteiger partial charge >= 0.3 is 17.9 Å². The number of aliphatic hydroxyl groups excluding tert-OH is 2. The van der Waals surface area contributed by atoms with Crippen molar-refractivity contribution in [1.29, 1.82) is 0 Å². The highest BCUT2D eigenvalue weighted by Gasteiger charge is 2.78. The molecule has 3 fully saturated rings. The van der Waals surface area contributed by atoms with Gasteiger partial charge in [0.05, 0.1) is 35.7 Å². The molecule has 11 heteroatoms. The van der Waals surface area contributed by atoms with E-state index in [1.54, 1.807) is 39.0 Å². The first-order chi connectivity index (χ1) is 19.5. The van der Waals surface area contributed by atoms with Gasteiger partial charge in [0.15, 0.2) is 17.5 Å². The largest absolute Gasteiger partial charge is 0.455 e. The molecule has 42 heavy (non-hydrogen) atoms. The predicted octanol–water partition coefficient (Wildman–Crippen LogP) is 1.65. The molecule has 1 saturated heterocycles. The molecule has 2 bridgehead atoms. The molecule has 1 aromatic rings. The molecule has 0 aromatic heterocycles. The average Bonchev–Trinajstić information content (AvgIpc) is 2.90. The van der Waals surface area contributed by atoms with E-state index in [0.29, 0.717) is 5.57 Å². The van der Waals surface area contributed by atoms with Crippen molar-refractivity contribution in [3.05, 3.63) is 47.0 Å². The van der Waals surface area contributed by atoms with E-state index in [1.807, 2.05) is 0 Å². The highest BCUT2D eigenvalue weighted by atomic mass is 16.6. The third-order valence-electron chi connectivity index (χ3n) is 10.2.